The van der Waals surface area contributed by atoms with Crippen molar-refractivity contribution in [2.24, 2.45) is 0 Å². The van der Waals surface area contributed by atoms with Crippen molar-refractivity contribution in [3.05, 3.63) is 11.1 Å². The normalized spacial score (nSPS) is 22.9. The molecule has 0 aromatic rings. The first kappa shape index (κ1) is 5.83. The smallest absolute Gasteiger partial charge is 0.0193 e. The van der Waals surface area contributed by atoms with Gasteiger partial charge in [-0.25, -0.2) is 0 Å². The fourth-order valence-electron chi connectivity index (χ4n) is 1.14. The molecule has 0 N–H and O–H groups in total. The van der Waals surface area contributed by atoms with Gasteiger partial charge in [0.25, 0.3) is 0 Å². The van der Waals surface area contributed by atoms with Gasteiger partial charge in [0.1, 0.15) is 0 Å². The van der Waals surface area contributed by atoms with Gasteiger partial charge in [-0.3, -0.25) is 4.90 Å². The van der Waals surface area contributed by atoms with E-state index >= 15 is 0 Å². The molecule has 1 nitrogen and oxygen atoms in total. The van der Waals surface area contributed by atoms with Crippen molar-refractivity contribution >= 4 is 0 Å². The van der Waals surface area contributed by atoms with Crippen molar-refractivity contribution < 1.29 is 0 Å². The number of nitrogens with zero attached hydrogens (tertiary/aromatic N) is 1. The highest BCUT2D eigenvalue weighted by Crippen LogP contribution is 2.12. The van der Waals surface area contributed by atoms with Crippen molar-refractivity contribution in [3.63, 3.8) is 0 Å². The maximum atomic E-state index is 2.32. The van der Waals surface area contributed by atoms with Crippen LogP contribution in [0.5, 0.6) is 0 Å². The minimum absolute atomic E-state index is 1.17. The van der Waals surface area contributed by atoms with E-state index in [1.54, 1.807) is 11.1 Å². The summed E-state index contributed by atoms with van der Waals surface area (Å²) in [6.07, 6.45) is 0. The Hall–Kier alpha value is -0.300. The molecule has 1 aliphatic rings. The first-order chi connectivity index (χ1) is 3.70. The zero-order valence-corrected chi connectivity index (χ0v) is 5.86. The Morgan fingerprint density at radius 2 is 1.50 bits per heavy atom. The first-order valence-electron chi connectivity index (χ1n) is 3.04. The third-order valence-corrected chi connectivity index (χ3v) is 1.74. The van der Waals surface area contributed by atoms with Gasteiger partial charge in [-0.05, 0) is 20.9 Å². The van der Waals surface area contributed by atoms with E-state index in [4.69, 9.17) is 0 Å². The van der Waals surface area contributed by atoms with Gasteiger partial charge in [0.2, 0.25) is 0 Å². The van der Waals surface area contributed by atoms with Crippen LogP contribution in [0.15, 0.2) is 11.1 Å². The molecule has 0 saturated heterocycles. The summed E-state index contributed by atoms with van der Waals surface area (Å²) < 4.78 is 0. The van der Waals surface area contributed by atoms with Crippen LogP contribution < -0.4 is 0 Å². The lowest BCUT2D eigenvalue weighted by Gasteiger charge is -2.04. The standard InChI is InChI=1S/C7H13N/c1-6-4-8(3)5-7(6)2/h4-5H2,1-3H3. The number of hydrogen-bond donors (Lipinski definition) is 0. The van der Waals surface area contributed by atoms with Gasteiger partial charge in [-0.15, -0.1) is 0 Å². The predicted octanol–water partition coefficient (Wildman–Crippen LogP) is 1.27. The molecule has 0 aliphatic carbocycles. The quantitative estimate of drug-likeness (QED) is 0.425. The van der Waals surface area contributed by atoms with E-state index in [0.29, 0.717) is 0 Å². The van der Waals surface area contributed by atoms with Gasteiger partial charge in [-0.2, -0.15) is 0 Å². The lowest BCUT2D eigenvalue weighted by Crippen LogP contribution is -2.13. The van der Waals surface area contributed by atoms with Crippen LogP contribution in [0, 0.1) is 0 Å². The SMILES string of the molecule is CC1=C(C)CN(C)C1. The van der Waals surface area contributed by atoms with Gasteiger partial charge >= 0.3 is 0 Å². The topological polar surface area (TPSA) is 3.24 Å². The predicted molar refractivity (Wildman–Crippen MR) is 35.9 cm³/mol. The third kappa shape index (κ3) is 0.920. The van der Waals surface area contributed by atoms with Gasteiger partial charge in [-0.1, -0.05) is 11.1 Å². The second-order valence-corrected chi connectivity index (χ2v) is 2.73. The molecule has 8 heavy (non-hydrogen) atoms. The lowest BCUT2D eigenvalue weighted by atomic mass is 10.2. The summed E-state index contributed by atoms with van der Waals surface area (Å²) in [4.78, 5) is 2.32. The minimum Gasteiger partial charge on any atom is -0.299 e. The summed E-state index contributed by atoms with van der Waals surface area (Å²) >= 11 is 0. The van der Waals surface area contributed by atoms with E-state index in [9.17, 15) is 0 Å². The molecule has 0 amide bonds. The maximum absolute atomic E-state index is 2.32. The van der Waals surface area contributed by atoms with Crippen molar-refractivity contribution in [1.29, 1.82) is 0 Å². The summed E-state index contributed by atoms with van der Waals surface area (Å²) in [5.74, 6) is 0. The summed E-state index contributed by atoms with van der Waals surface area (Å²) in [6, 6.07) is 0. The Bertz CT molecular complexity index is 110. The summed E-state index contributed by atoms with van der Waals surface area (Å²) in [5.41, 5.74) is 3.10. The molecule has 0 atom stereocenters. The summed E-state index contributed by atoms with van der Waals surface area (Å²) in [6.45, 7) is 6.76. The van der Waals surface area contributed by atoms with Crippen molar-refractivity contribution in [2.75, 3.05) is 20.1 Å². The molecule has 1 rings (SSSR count). The van der Waals surface area contributed by atoms with E-state index < -0.39 is 0 Å². The van der Waals surface area contributed by atoms with Crippen LogP contribution in [0.2, 0.25) is 0 Å². The van der Waals surface area contributed by atoms with Crippen LogP contribution >= 0.6 is 0 Å². The number of likely N-dealkylation sites (N-methyl/N-ethyl adjacent to an activating group) is 1. The van der Waals surface area contributed by atoms with Gasteiger partial charge < -0.3 is 0 Å². The molecule has 0 bridgehead atoms. The highest BCUT2D eigenvalue weighted by atomic mass is 15.1. The largest absolute Gasteiger partial charge is 0.299 e. The molecule has 0 aromatic heterocycles. The molecule has 0 spiro atoms. The lowest BCUT2D eigenvalue weighted by molar-refractivity contribution is 0.424. The van der Waals surface area contributed by atoms with Crippen LogP contribution in [0.3, 0.4) is 0 Å². The molecule has 0 unspecified atom stereocenters. The second-order valence-electron chi connectivity index (χ2n) is 2.73. The second kappa shape index (κ2) is 1.90. The molecule has 0 saturated carbocycles. The Morgan fingerprint density at radius 1 is 1.12 bits per heavy atom. The Morgan fingerprint density at radius 3 is 1.62 bits per heavy atom. The zero-order chi connectivity index (χ0) is 6.15. The van der Waals surface area contributed by atoms with E-state index in [0.717, 1.165) is 0 Å². The monoisotopic (exact) mass is 111 g/mol. The Kier molecular flexibility index (Phi) is 1.39. The van der Waals surface area contributed by atoms with E-state index in [1.807, 2.05) is 0 Å². The molecule has 46 valence electrons. The van der Waals surface area contributed by atoms with Crippen LogP contribution in [0.25, 0.3) is 0 Å². The average molecular weight is 111 g/mol. The van der Waals surface area contributed by atoms with Crippen LogP contribution in [0.4, 0.5) is 0 Å². The van der Waals surface area contributed by atoms with E-state index in [1.165, 1.54) is 13.1 Å². The van der Waals surface area contributed by atoms with Crippen molar-refractivity contribution in [1.82, 2.24) is 4.90 Å². The molecule has 0 aromatic carbocycles. The molecular weight excluding hydrogens is 98.1 g/mol. The number of rotatable bonds is 0. The summed E-state index contributed by atoms with van der Waals surface area (Å²) in [7, 11) is 2.15. The van der Waals surface area contributed by atoms with E-state index in [-0.39, 0.29) is 0 Å². The van der Waals surface area contributed by atoms with Crippen LogP contribution in [-0.4, -0.2) is 25.0 Å². The highest BCUT2D eigenvalue weighted by molar-refractivity contribution is 5.17. The van der Waals surface area contributed by atoms with Gasteiger partial charge in [0.15, 0.2) is 0 Å². The summed E-state index contributed by atoms with van der Waals surface area (Å²) in [5, 5.41) is 0. The molecule has 0 radical (unpaired) electrons. The molecule has 1 aliphatic heterocycles. The molecule has 0 fully saturated rings. The third-order valence-electron chi connectivity index (χ3n) is 1.74. The fourth-order valence-corrected chi connectivity index (χ4v) is 1.14. The fraction of sp³-hybridized carbons (Fsp3) is 0.714. The molecule has 1 heteroatoms. The van der Waals surface area contributed by atoms with Gasteiger partial charge in [0.05, 0.1) is 0 Å². The van der Waals surface area contributed by atoms with Crippen LogP contribution in [-0.2, 0) is 0 Å². The molecule has 1 heterocycles. The maximum Gasteiger partial charge on any atom is 0.0193 e. The van der Waals surface area contributed by atoms with Crippen LogP contribution in [0.1, 0.15) is 13.8 Å². The van der Waals surface area contributed by atoms with Gasteiger partial charge in [0, 0.05) is 13.1 Å². The van der Waals surface area contributed by atoms with Crippen molar-refractivity contribution in [3.8, 4) is 0 Å². The van der Waals surface area contributed by atoms with E-state index in [2.05, 4.69) is 25.8 Å². The zero-order valence-electron chi connectivity index (χ0n) is 5.86. The minimum atomic E-state index is 1.17. The Balaban J connectivity index is 2.60. The number of hydrogen-bond acceptors (Lipinski definition) is 1. The average Bonchev–Trinajstić information content (AvgIpc) is 1.85. The Labute approximate surface area is 51.0 Å². The van der Waals surface area contributed by atoms with Crippen molar-refractivity contribution in [2.45, 2.75) is 13.8 Å². The highest BCUT2D eigenvalue weighted by Gasteiger charge is 2.09. The first-order valence-corrected chi connectivity index (χ1v) is 3.04. The molecular formula is C7H13N.